The van der Waals surface area contributed by atoms with E-state index in [1.54, 1.807) is 6.08 Å². The van der Waals surface area contributed by atoms with Gasteiger partial charge in [0.1, 0.15) is 31.0 Å². The molecule has 7 nitrogen and oxygen atoms in total. The zero-order chi connectivity index (χ0) is 16.2. The molecule has 0 bridgehead atoms. The largest absolute Gasteiger partial charge is 0.461 e. The summed E-state index contributed by atoms with van der Waals surface area (Å²) in [5.74, 6) is -1.43. The highest BCUT2D eigenvalue weighted by Gasteiger charge is 2.47. The van der Waals surface area contributed by atoms with E-state index in [1.807, 2.05) is 13.8 Å². The average Bonchev–Trinajstić information content (AvgIpc) is 2.44. The lowest BCUT2D eigenvalue weighted by atomic mass is 9.89. The predicted octanol–water partition coefficient (Wildman–Crippen LogP) is -1.03. The van der Waals surface area contributed by atoms with Gasteiger partial charge in [0.25, 0.3) is 0 Å². The molecule has 0 radical (unpaired) electrons. The molecule has 0 aromatic carbocycles. The minimum Gasteiger partial charge on any atom is -0.461 e. The highest BCUT2D eigenvalue weighted by atomic mass is 16.6. The quantitative estimate of drug-likeness (QED) is 0.379. The van der Waals surface area contributed by atoms with Crippen LogP contribution in [0.2, 0.25) is 0 Å². The van der Waals surface area contributed by atoms with Crippen molar-refractivity contribution in [1.29, 1.82) is 0 Å². The molecule has 1 aliphatic rings. The molecule has 6 atom stereocenters. The van der Waals surface area contributed by atoms with Crippen molar-refractivity contribution in [3.8, 4) is 0 Å². The van der Waals surface area contributed by atoms with Crippen molar-refractivity contribution < 1.29 is 34.7 Å². The normalized spacial score (nSPS) is 34.1. The number of carbonyl (C=O) groups is 1. The fraction of sp³-hybridized carbons (Fsp3) is 0.786. The summed E-state index contributed by atoms with van der Waals surface area (Å²) in [5, 5.41) is 38.4. The van der Waals surface area contributed by atoms with Gasteiger partial charge in [0.15, 0.2) is 0 Å². The minimum absolute atomic E-state index is 0.114. The summed E-state index contributed by atoms with van der Waals surface area (Å²) in [4.78, 5) is 11.9. The van der Waals surface area contributed by atoms with E-state index in [0.29, 0.717) is 0 Å². The summed E-state index contributed by atoms with van der Waals surface area (Å²) in [7, 11) is 0. The first-order valence-electron chi connectivity index (χ1n) is 6.90. The molecular formula is C14H24O7. The molecule has 1 heterocycles. The van der Waals surface area contributed by atoms with Crippen LogP contribution in [0.3, 0.4) is 0 Å². The van der Waals surface area contributed by atoms with Gasteiger partial charge in [-0.25, -0.2) is 0 Å². The Labute approximate surface area is 123 Å². The number of carbonyl (C=O) groups excluding carboxylic acids is 1. The molecule has 0 aromatic heterocycles. The predicted molar refractivity (Wildman–Crippen MR) is 73.3 cm³/mol. The van der Waals surface area contributed by atoms with Gasteiger partial charge >= 0.3 is 5.97 Å². The molecule has 2 unspecified atom stereocenters. The number of aliphatic hydroxyl groups is 4. The molecule has 122 valence electrons. The Morgan fingerprint density at radius 3 is 2.38 bits per heavy atom. The van der Waals surface area contributed by atoms with Crippen molar-refractivity contribution in [2.75, 3.05) is 13.2 Å². The van der Waals surface area contributed by atoms with Crippen LogP contribution in [0.5, 0.6) is 0 Å². The van der Waals surface area contributed by atoms with Gasteiger partial charge in [-0.2, -0.15) is 0 Å². The van der Waals surface area contributed by atoms with Crippen molar-refractivity contribution >= 4 is 5.97 Å². The Balaban J connectivity index is 2.69. The SMILES string of the molecule is CC(C)=CCOC(=O)C(C)C1O[C@H](CO)[C@@H](O)[C@H](O)[C@@H]1O. The van der Waals surface area contributed by atoms with Gasteiger partial charge in [-0.05, 0) is 26.8 Å². The number of ether oxygens (including phenoxy) is 2. The van der Waals surface area contributed by atoms with Crippen molar-refractivity contribution in [1.82, 2.24) is 0 Å². The molecule has 7 heteroatoms. The van der Waals surface area contributed by atoms with Crippen LogP contribution in [0.25, 0.3) is 0 Å². The third-order valence-electron chi connectivity index (χ3n) is 3.51. The van der Waals surface area contributed by atoms with Gasteiger partial charge < -0.3 is 29.9 Å². The first kappa shape index (κ1) is 18.1. The third-order valence-corrected chi connectivity index (χ3v) is 3.51. The van der Waals surface area contributed by atoms with Crippen LogP contribution in [0.15, 0.2) is 11.6 Å². The van der Waals surface area contributed by atoms with E-state index >= 15 is 0 Å². The second-order valence-electron chi connectivity index (χ2n) is 5.49. The van der Waals surface area contributed by atoms with E-state index in [2.05, 4.69) is 0 Å². The second-order valence-corrected chi connectivity index (χ2v) is 5.49. The molecule has 0 amide bonds. The molecule has 0 spiro atoms. The number of hydrogen-bond donors (Lipinski definition) is 4. The maximum absolute atomic E-state index is 11.9. The maximum atomic E-state index is 11.9. The summed E-state index contributed by atoms with van der Waals surface area (Å²) in [6, 6.07) is 0. The molecule has 0 saturated carbocycles. The molecule has 1 aliphatic heterocycles. The van der Waals surface area contributed by atoms with Crippen LogP contribution in [0, 0.1) is 5.92 Å². The molecule has 21 heavy (non-hydrogen) atoms. The molecule has 1 saturated heterocycles. The zero-order valence-electron chi connectivity index (χ0n) is 12.5. The summed E-state index contributed by atoms with van der Waals surface area (Å²) in [6.07, 6.45) is -4.71. The first-order valence-corrected chi connectivity index (χ1v) is 6.90. The Morgan fingerprint density at radius 1 is 1.24 bits per heavy atom. The van der Waals surface area contributed by atoms with E-state index in [4.69, 9.17) is 14.6 Å². The van der Waals surface area contributed by atoms with Crippen molar-refractivity contribution in [3.05, 3.63) is 11.6 Å². The van der Waals surface area contributed by atoms with Gasteiger partial charge in [0.2, 0.25) is 0 Å². The third kappa shape index (κ3) is 4.49. The minimum atomic E-state index is -1.49. The van der Waals surface area contributed by atoms with E-state index in [1.165, 1.54) is 6.92 Å². The van der Waals surface area contributed by atoms with Gasteiger partial charge in [0, 0.05) is 0 Å². The van der Waals surface area contributed by atoms with Crippen molar-refractivity contribution in [2.24, 2.45) is 5.92 Å². The second kappa shape index (κ2) is 7.86. The Bertz CT molecular complexity index is 376. The zero-order valence-corrected chi connectivity index (χ0v) is 12.5. The lowest BCUT2D eigenvalue weighted by Crippen LogP contribution is -2.60. The number of rotatable bonds is 5. The highest BCUT2D eigenvalue weighted by Crippen LogP contribution is 2.26. The number of esters is 1. The Kier molecular flexibility index (Phi) is 6.76. The maximum Gasteiger partial charge on any atom is 0.311 e. The van der Waals surface area contributed by atoms with Gasteiger partial charge in [-0.3, -0.25) is 4.79 Å². The Hall–Kier alpha value is -0.990. The van der Waals surface area contributed by atoms with Crippen LogP contribution in [-0.2, 0) is 14.3 Å². The molecule has 1 rings (SSSR count). The lowest BCUT2D eigenvalue weighted by Gasteiger charge is -2.41. The monoisotopic (exact) mass is 304 g/mol. The van der Waals surface area contributed by atoms with Crippen LogP contribution in [0.1, 0.15) is 20.8 Å². The van der Waals surface area contributed by atoms with Gasteiger partial charge in [-0.1, -0.05) is 5.57 Å². The van der Waals surface area contributed by atoms with Gasteiger partial charge in [-0.15, -0.1) is 0 Å². The van der Waals surface area contributed by atoms with Crippen LogP contribution >= 0.6 is 0 Å². The summed E-state index contributed by atoms with van der Waals surface area (Å²) < 4.78 is 10.3. The number of hydrogen-bond acceptors (Lipinski definition) is 7. The fourth-order valence-electron chi connectivity index (χ4n) is 2.10. The van der Waals surface area contributed by atoms with Crippen LogP contribution in [0.4, 0.5) is 0 Å². The van der Waals surface area contributed by atoms with Crippen LogP contribution < -0.4 is 0 Å². The molecule has 1 fully saturated rings. The van der Waals surface area contributed by atoms with E-state index in [-0.39, 0.29) is 6.61 Å². The van der Waals surface area contributed by atoms with Gasteiger partial charge in [0.05, 0.1) is 18.6 Å². The standard InChI is InChI=1S/C14H24O7/c1-7(2)4-5-20-14(19)8(3)13-12(18)11(17)10(16)9(6-15)21-13/h4,8-13,15-18H,5-6H2,1-3H3/t8?,9-,10-,11+,12+,13?/m1/s1. The first-order chi connectivity index (χ1) is 9.79. The molecular weight excluding hydrogens is 280 g/mol. The average molecular weight is 304 g/mol. The highest BCUT2D eigenvalue weighted by molar-refractivity contribution is 5.73. The fourth-order valence-corrected chi connectivity index (χ4v) is 2.10. The number of allylic oxidation sites excluding steroid dienone is 1. The van der Waals surface area contributed by atoms with E-state index < -0.39 is 49.0 Å². The van der Waals surface area contributed by atoms with E-state index in [9.17, 15) is 20.1 Å². The Morgan fingerprint density at radius 2 is 1.86 bits per heavy atom. The molecule has 0 aromatic rings. The van der Waals surface area contributed by atoms with Crippen LogP contribution in [-0.4, -0.2) is 70.1 Å². The summed E-state index contributed by atoms with van der Waals surface area (Å²) in [5.41, 5.74) is 1.00. The topological polar surface area (TPSA) is 116 Å². The smallest absolute Gasteiger partial charge is 0.311 e. The summed E-state index contributed by atoms with van der Waals surface area (Å²) >= 11 is 0. The van der Waals surface area contributed by atoms with Crippen molar-refractivity contribution in [3.63, 3.8) is 0 Å². The summed E-state index contributed by atoms with van der Waals surface area (Å²) in [6.45, 7) is 4.82. The molecule has 4 N–H and O–H groups in total. The lowest BCUT2D eigenvalue weighted by molar-refractivity contribution is -0.241. The van der Waals surface area contributed by atoms with Crippen molar-refractivity contribution in [2.45, 2.75) is 51.3 Å². The number of aliphatic hydroxyl groups excluding tert-OH is 4. The molecule has 0 aliphatic carbocycles. The van der Waals surface area contributed by atoms with E-state index in [0.717, 1.165) is 5.57 Å².